The van der Waals surface area contributed by atoms with Gasteiger partial charge in [-0.25, -0.2) is 4.79 Å². The molecule has 0 saturated heterocycles. The Balaban J connectivity index is 3.71. The van der Waals surface area contributed by atoms with E-state index in [-0.39, 0.29) is 17.7 Å². The number of nitrogens with zero attached hydrogens (tertiary/aromatic N) is 1. The van der Waals surface area contributed by atoms with Crippen LogP contribution in [0.5, 0.6) is 0 Å². The lowest BCUT2D eigenvalue weighted by molar-refractivity contribution is -0.149. The zero-order valence-electron chi connectivity index (χ0n) is 24.8. The quantitative estimate of drug-likeness (QED) is 0.490. The summed E-state index contributed by atoms with van der Waals surface area (Å²) in [7, 11) is 0. The number of alkyl carbamates (subject to hydrolysis) is 1. The lowest BCUT2D eigenvalue weighted by Gasteiger charge is -2.44. The molecule has 0 heterocycles. The summed E-state index contributed by atoms with van der Waals surface area (Å²) in [5, 5.41) is 5.88. The molecule has 2 atom stereocenters. The summed E-state index contributed by atoms with van der Waals surface area (Å²) in [6.45, 7) is 24.7. The third-order valence-electron chi connectivity index (χ3n) is 5.48. The topological polar surface area (TPSA) is 87.7 Å². The average molecular weight is 504 g/mol. The van der Waals surface area contributed by atoms with Gasteiger partial charge >= 0.3 is 6.09 Å². The largest absolute Gasteiger partial charge is 0.444 e. The van der Waals surface area contributed by atoms with Crippen LogP contribution in [0.25, 0.3) is 0 Å². The molecule has 0 bridgehead atoms. The maximum Gasteiger partial charge on any atom is 0.408 e. The molecular formula is C29H49N3O4. The molecule has 0 aliphatic carbocycles. The number of aryl methyl sites for hydroxylation is 2. The van der Waals surface area contributed by atoms with E-state index in [1.165, 1.54) is 0 Å². The molecule has 2 unspecified atom stereocenters. The maximum absolute atomic E-state index is 14.3. The van der Waals surface area contributed by atoms with Gasteiger partial charge in [0.25, 0.3) is 0 Å². The molecular weight excluding hydrogens is 454 g/mol. The van der Waals surface area contributed by atoms with Crippen molar-refractivity contribution in [2.24, 2.45) is 5.92 Å². The predicted molar refractivity (Wildman–Crippen MR) is 146 cm³/mol. The van der Waals surface area contributed by atoms with E-state index in [0.29, 0.717) is 6.42 Å². The van der Waals surface area contributed by atoms with E-state index < -0.39 is 34.9 Å². The smallest absolute Gasteiger partial charge is 0.408 e. The normalized spacial score (nSPS) is 14.2. The van der Waals surface area contributed by atoms with Crippen LogP contribution in [0.15, 0.2) is 18.2 Å². The summed E-state index contributed by atoms with van der Waals surface area (Å²) in [6.07, 6.45) is -0.247. The van der Waals surface area contributed by atoms with Crippen molar-refractivity contribution in [3.8, 4) is 0 Å². The second-order valence-electron chi connectivity index (χ2n) is 13.2. The minimum absolute atomic E-state index is 0.123. The monoisotopic (exact) mass is 503 g/mol. The van der Waals surface area contributed by atoms with Crippen LogP contribution in [-0.4, -0.2) is 45.5 Å². The lowest BCUT2D eigenvalue weighted by atomic mass is 9.89. The highest BCUT2D eigenvalue weighted by molar-refractivity contribution is 5.93. The van der Waals surface area contributed by atoms with Crippen LogP contribution in [0, 0.1) is 19.8 Å². The van der Waals surface area contributed by atoms with Crippen LogP contribution >= 0.6 is 0 Å². The molecule has 1 rings (SSSR count). The minimum atomic E-state index is -0.881. The zero-order chi connectivity index (χ0) is 28.2. The summed E-state index contributed by atoms with van der Waals surface area (Å²) in [5.74, 6) is -0.458. The average Bonchev–Trinajstić information content (AvgIpc) is 2.61. The van der Waals surface area contributed by atoms with Gasteiger partial charge in [-0.15, -0.1) is 0 Å². The number of ether oxygens (including phenoxy) is 1. The van der Waals surface area contributed by atoms with E-state index in [0.717, 1.165) is 16.7 Å². The predicted octanol–water partition coefficient (Wildman–Crippen LogP) is 5.83. The summed E-state index contributed by atoms with van der Waals surface area (Å²) >= 11 is 0. The second kappa shape index (κ2) is 11.7. The van der Waals surface area contributed by atoms with Crippen molar-refractivity contribution in [3.05, 3.63) is 34.9 Å². The number of nitrogens with one attached hydrogen (secondary N) is 2. The van der Waals surface area contributed by atoms with E-state index >= 15 is 0 Å². The SMILES string of the molecule is Cc1cccc(C)c1C(C(=O)NC(C)(C)C)N(C(=O)C(CC(C)C)NC(=O)OC(C)(C)C)C(C)(C)C. The van der Waals surface area contributed by atoms with Crippen LogP contribution in [-0.2, 0) is 14.3 Å². The van der Waals surface area contributed by atoms with Gasteiger partial charge in [0, 0.05) is 11.1 Å². The van der Waals surface area contributed by atoms with Gasteiger partial charge in [0.15, 0.2) is 0 Å². The van der Waals surface area contributed by atoms with E-state index in [9.17, 15) is 14.4 Å². The number of hydrogen-bond acceptors (Lipinski definition) is 4. The molecule has 0 fully saturated rings. The van der Waals surface area contributed by atoms with Gasteiger partial charge in [-0.1, -0.05) is 32.0 Å². The number of carbonyl (C=O) groups excluding carboxylic acids is 3. The summed E-state index contributed by atoms with van der Waals surface area (Å²) in [4.78, 5) is 42.5. The Morgan fingerprint density at radius 2 is 1.42 bits per heavy atom. The van der Waals surface area contributed by atoms with Crippen molar-refractivity contribution in [2.75, 3.05) is 0 Å². The highest BCUT2D eigenvalue weighted by atomic mass is 16.6. The number of carbonyl (C=O) groups is 3. The molecule has 0 spiro atoms. The van der Waals surface area contributed by atoms with Gasteiger partial charge in [0.1, 0.15) is 17.7 Å². The zero-order valence-corrected chi connectivity index (χ0v) is 24.8. The Morgan fingerprint density at radius 3 is 1.81 bits per heavy atom. The molecule has 36 heavy (non-hydrogen) atoms. The van der Waals surface area contributed by atoms with Crippen molar-refractivity contribution >= 4 is 17.9 Å². The number of amides is 3. The van der Waals surface area contributed by atoms with Crippen LogP contribution in [0.1, 0.15) is 105 Å². The molecule has 0 aliphatic rings. The number of benzene rings is 1. The Labute approximate surface area is 218 Å². The van der Waals surface area contributed by atoms with Crippen LogP contribution < -0.4 is 10.6 Å². The fraction of sp³-hybridized carbons (Fsp3) is 0.690. The maximum atomic E-state index is 14.3. The Morgan fingerprint density at radius 1 is 0.917 bits per heavy atom. The summed E-state index contributed by atoms with van der Waals surface area (Å²) in [5.41, 5.74) is 0.717. The van der Waals surface area contributed by atoms with Gasteiger partial charge in [-0.05, 0) is 105 Å². The first-order chi connectivity index (χ1) is 16.1. The van der Waals surface area contributed by atoms with Gasteiger partial charge in [-0.3, -0.25) is 9.59 Å². The molecule has 7 heteroatoms. The molecule has 0 aromatic heterocycles. The molecule has 2 N–H and O–H groups in total. The van der Waals surface area contributed by atoms with Crippen LogP contribution in [0.4, 0.5) is 4.79 Å². The molecule has 204 valence electrons. The molecule has 1 aromatic carbocycles. The van der Waals surface area contributed by atoms with Crippen molar-refractivity contribution in [1.82, 2.24) is 15.5 Å². The molecule has 0 aliphatic heterocycles. The fourth-order valence-electron chi connectivity index (χ4n) is 4.23. The van der Waals surface area contributed by atoms with Crippen molar-refractivity contribution < 1.29 is 19.1 Å². The Kier molecular flexibility index (Phi) is 10.2. The van der Waals surface area contributed by atoms with Gasteiger partial charge in [0.2, 0.25) is 11.8 Å². The first-order valence-corrected chi connectivity index (χ1v) is 12.8. The van der Waals surface area contributed by atoms with Crippen molar-refractivity contribution in [3.63, 3.8) is 0 Å². The highest BCUT2D eigenvalue weighted by Crippen LogP contribution is 2.34. The third kappa shape index (κ3) is 9.47. The third-order valence-corrected chi connectivity index (χ3v) is 5.48. The van der Waals surface area contributed by atoms with E-state index in [4.69, 9.17) is 4.74 Å². The van der Waals surface area contributed by atoms with E-state index in [1.807, 2.05) is 87.4 Å². The summed E-state index contributed by atoms with van der Waals surface area (Å²) in [6, 6.07) is 4.12. The second-order valence-corrected chi connectivity index (χ2v) is 13.2. The molecule has 0 radical (unpaired) electrons. The molecule has 0 saturated carbocycles. The van der Waals surface area contributed by atoms with Gasteiger partial charge < -0.3 is 20.3 Å². The standard InChI is InChI=1S/C29H49N3O4/c1-18(2)17-21(30-26(35)36-29(11,12)13)25(34)32(28(8,9)10)23(24(33)31-27(5,6)7)22-19(3)15-14-16-20(22)4/h14-16,18,21,23H,17H2,1-13H3,(H,30,35)(H,31,33). The minimum Gasteiger partial charge on any atom is -0.444 e. The van der Waals surface area contributed by atoms with E-state index in [1.54, 1.807) is 25.7 Å². The first-order valence-electron chi connectivity index (χ1n) is 12.8. The van der Waals surface area contributed by atoms with Gasteiger partial charge in [-0.2, -0.15) is 0 Å². The Bertz CT molecular complexity index is 913. The van der Waals surface area contributed by atoms with Crippen LogP contribution in [0.2, 0.25) is 0 Å². The Hall–Kier alpha value is -2.57. The van der Waals surface area contributed by atoms with Crippen LogP contribution in [0.3, 0.4) is 0 Å². The first kappa shape index (κ1) is 31.5. The molecule has 1 aromatic rings. The van der Waals surface area contributed by atoms with Crippen molar-refractivity contribution in [2.45, 2.75) is 125 Å². The lowest BCUT2D eigenvalue weighted by Crippen LogP contribution is -2.60. The van der Waals surface area contributed by atoms with E-state index in [2.05, 4.69) is 10.6 Å². The number of rotatable bonds is 7. The summed E-state index contributed by atoms with van der Waals surface area (Å²) < 4.78 is 5.46. The number of hydrogen-bond donors (Lipinski definition) is 2. The fourth-order valence-corrected chi connectivity index (χ4v) is 4.23. The highest BCUT2D eigenvalue weighted by Gasteiger charge is 2.43. The van der Waals surface area contributed by atoms with Gasteiger partial charge in [0.05, 0.1) is 0 Å². The molecule has 3 amide bonds. The molecule has 7 nitrogen and oxygen atoms in total. The van der Waals surface area contributed by atoms with Crippen molar-refractivity contribution in [1.29, 1.82) is 0 Å².